The van der Waals surface area contributed by atoms with Gasteiger partial charge in [-0.3, -0.25) is 4.57 Å². The molecule has 1 aliphatic rings. The standard InChI is InChI=1S/C17H19N7O4/c18-14-11-15(20-8-19-14)24(16-13(27)12(26)10(7-25)28-16)17(22-11)23-21-6-9-4-2-1-3-5-9/h1-6,8,10,12-13,16,25-27H,7H2,(H,22,23)(H2,18,19,20). The van der Waals surface area contributed by atoms with Crippen LogP contribution in [-0.2, 0) is 4.74 Å². The Bertz CT molecular complexity index is 994. The van der Waals surface area contributed by atoms with Gasteiger partial charge >= 0.3 is 0 Å². The van der Waals surface area contributed by atoms with Crippen LogP contribution in [-0.4, -0.2) is 66.0 Å². The van der Waals surface area contributed by atoms with Gasteiger partial charge in [0.15, 0.2) is 23.2 Å². The van der Waals surface area contributed by atoms with Crippen molar-refractivity contribution in [3.8, 4) is 0 Å². The number of aromatic nitrogens is 4. The van der Waals surface area contributed by atoms with E-state index >= 15 is 0 Å². The zero-order valence-electron chi connectivity index (χ0n) is 14.6. The van der Waals surface area contributed by atoms with Gasteiger partial charge in [-0.25, -0.2) is 20.4 Å². The van der Waals surface area contributed by atoms with Crippen LogP contribution in [0.25, 0.3) is 11.2 Å². The first-order valence-electron chi connectivity index (χ1n) is 8.55. The summed E-state index contributed by atoms with van der Waals surface area (Å²) in [6.45, 7) is -0.451. The van der Waals surface area contributed by atoms with Crippen LogP contribution in [0.3, 0.4) is 0 Å². The number of aliphatic hydroxyl groups is 3. The van der Waals surface area contributed by atoms with Crippen LogP contribution in [0.4, 0.5) is 11.8 Å². The molecule has 1 saturated heterocycles. The molecule has 6 N–H and O–H groups in total. The molecule has 0 amide bonds. The van der Waals surface area contributed by atoms with Gasteiger partial charge in [0.2, 0.25) is 5.95 Å². The number of benzene rings is 1. The molecule has 2 aromatic heterocycles. The lowest BCUT2D eigenvalue weighted by Crippen LogP contribution is -2.33. The molecule has 0 bridgehead atoms. The lowest BCUT2D eigenvalue weighted by molar-refractivity contribution is -0.0501. The summed E-state index contributed by atoms with van der Waals surface area (Å²) < 4.78 is 7.04. The summed E-state index contributed by atoms with van der Waals surface area (Å²) in [6, 6.07) is 9.42. The van der Waals surface area contributed by atoms with Crippen LogP contribution in [0.1, 0.15) is 11.8 Å². The van der Waals surface area contributed by atoms with Gasteiger partial charge in [-0.15, -0.1) is 0 Å². The summed E-state index contributed by atoms with van der Waals surface area (Å²) in [5.41, 5.74) is 10.1. The number of hydrogen-bond donors (Lipinski definition) is 5. The number of hydrazone groups is 1. The minimum atomic E-state index is -1.32. The van der Waals surface area contributed by atoms with Crippen molar-refractivity contribution in [1.82, 2.24) is 19.5 Å². The molecule has 146 valence electrons. The molecule has 3 aromatic rings. The van der Waals surface area contributed by atoms with Crippen LogP contribution in [0.2, 0.25) is 0 Å². The topological polar surface area (TPSA) is 164 Å². The number of nitrogens with two attached hydrogens (primary N) is 1. The van der Waals surface area contributed by atoms with E-state index in [2.05, 4.69) is 25.5 Å². The van der Waals surface area contributed by atoms with E-state index in [1.54, 1.807) is 6.21 Å². The number of nitrogens with one attached hydrogen (secondary N) is 1. The lowest BCUT2D eigenvalue weighted by Gasteiger charge is -2.18. The second-order valence-electron chi connectivity index (χ2n) is 6.25. The molecule has 1 aliphatic heterocycles. The van der Waals surface area contributed by atoms with Crippen molar-refractivity contribution >= 4 is 29.1 Å². The van der Waals surface area contributed by atoms with Crippen LogP contribution >= 0.6 is 0 Å². The van der Waals surface area contributed by atoms with E-state index in [1.807, 2.05) is 30.3 Å². The Morgan fingerprint density at radius 1 is 1.21 bits per heavy atom. The second kappa shape index (κ2) is 7.48. The van der Waals surface area contributed by atoms with Crippen LogP contribution in [0.5, 0.6) is 0 Å². The summed E-state index contributed by atoms with van der Waals surface area (Å²) in [4.78, 5) is 12.4. The van der Waals surface area contributed by atoms with Crippen LogP contribution in [0.15, 0.2) is 41.8 Å². The Hall–Kier alpha value is -3.12. The fourth-order valence-corrected chi connectivity index (χ4v) is 3.04. The second-order valence-corrected chi connectivity index (χ2v) is 6.25. The predicted octanol–water partition coefficient (Wildman–Crippen LogP) is -0.534. The normalized spacial score (nSPS) is 25.0. The van der Waals surface area contributed by atoms with E-state index in [9.17, 15) is 15.3 Å². The number of nitrogen functional groups attached to an aromatic ring is 1. The maximum absolute atomic E-state index is 10.4. The molecule has 4 atom stereocenters. The summed E-state index contributed by atoms with van der Waals surface area (Å²) >= 11 is 0. The van der Waals surface area contributed by atoms with Gasteiger partial charge < -0.3 is 25.8 Å². The van der Waals surface area contributed by atoms with Crippen LogP contribution in [0, 0.1) is 0 Å². The molecule has 0 saturated carbocycles. The summed E-state index contributed by atoms with van der Waals surface area (Å²) in [6.07, 6.45) is -1.74. The third-order valence-electron chi connectivity index (χ3n) is 4.45. The highest BCUT2D eigenvalue weighted by atomic mass is 16.6. The van der Waals surface area contributed by atoms with Gasteiger partial charge in [-0.05, 0) is 5.56 Å². The van der Waals surface area contributed by atoms with Gasteiger partial charge in [-0.2, -0.15) is 5.10 Å². The molecule has 1 aromatic carbocycles. The number of fused-ring (bicyclic) bond motifs is 1. The van der Waals surface area contributed by atoms with Crippen molar-refractivity contribution < 1.29 is 20.1 Å². The fraction of sp³-hybridized carbons (Fsp3) is 0.294. The molecule has 1 fully saturated rings. The number of hydrogen-bond acceptors (Lipinski definition) is 10. The van der Waals surface area contributed by atoms with Gasteiger partial charge in [0.25, 0.3) is 0 Å². The minimum absolute atomic E-state index is 0.144. The van der Waals surface area contributed by atoms with Crippen molar-refractivity contribution in [2.75, 3.05) is 17.8 Å². The number of imidazole rings is 1. The molecular weight excluding hydrogens is 366 g/mol. The number of anilines is 2. The Morgan fingerprint density at radius 2 is 2.00 bits per heavy atom. The Morgan fingerprint density at radius 3 is 2.71 bits per heavy atom. The Labute approximate surface area is 159 Å². The maximum Gasteiger partial charge on any atom is 0.228 e. The molecule has 0 spiro atoms. The highest BCUT2D eigenvalue weighted by molar-refractivity contribution is 5.84. The molecule has 4 rings (SSSR count). The molecular formula is C17H19N7O4. The van der Waals surface area contributed by atoms with Crippen molar-refractivity contribution in [3.63, 3.8) is 0 Å². The van der Waals surface area contributed by atoms with Crippen molar-refractivity contribution in [1.29, 1.82) is 0 Å². The quantitative estimate of drug-likeness (QED) is 0.287. The van der Waals surface area contributed by atoms with E-state index in [0.717, 1.165) is 5.56 Å². The lowest BCUT2D eigenvalue weighted by atomic mass is 10.1. The smallest absolute Gasteiger partial charge is 0.228 e. The molecule has 0 radical (unpaired) electrons. The fourth-order valence-electron chi connectivity index (χ4n) is 3.04. The highest BCUT2D eigenvalue weighted by Crippen LogP contribution is 2.35. The third kappa shape index (κ3) is 3.16. The average molecular weight is 385 g/mol. The monoisotopic (exact) mass is 385 g/mol. The molecule has 0 aliphatic carbocycles. The zero-order valence-corrected chi connectivity index (χ0v) is 14.6. The molecule has 11 nitrogen and oxygen atoms in total. The van der Waals surface area contributed by atoms with E-state index < -0.39 is 31.1 Å². The highest BCUT2D eigenvalue weighted by Gasteiger charge is 2.45. The van der Waals surface area contributed by atoms with E-state index in [1.165, 1.54) is 10.9 Å². The number of aliphatic hydroxyl groups excluding tert-OH is 3. The largest absolute Gasteiger partial charge is 0.394 e. The zero-order chi connectivity index (χ0) is 19.7. The predicted molar refractivity (Wildman–Crippen MR) is 100 cm³/mol. The first kappa shape index (κ1) is 18.3. The van der Waals surface area contributed by atoms with Crippen molar-refractivity contribution in [2.45, 2.75) is 24.5 Å². The summed E-state index contributed by atoms with van der Waals surface area (Å²) in [7, 11) is 0. The van der Waals surface area contributed by atoms with Crippen molar-refractivity contribution in [3.05, 3.63) is 42.2 Å². The van der Waals surface area contributed by atoms with E-state index in [-0.39, 0.29) is 17.3 Å². The SMILES string of the molecule is Nc1ncnc2c1nc(NN=Cc1ccccc1)n2C1OC(CO)C(O)C1O. The third-order valence-corrected chi connectivity index (χ3v) is 4.45. The molecule has 3 heterocycles. The Kier molecular flexibility index (Phi) is 4.88. The van der Waals surface area contributed by atoms with Crippen molar-refractivity contribution in [2.24, 2.45) is 5.10 Å². The van der Waals surface area contributed by atoms with Gasteiger partial charge in [0, 0.05) is 0 Å². The average Bonchev–Trinajstić information content (AvgIpc) is 3.21. The van der Waals surface area contributed by atoms with Gasteiger partial charge in [-0.1, -0.05) is 30.3 Å². The first-order valence-corrected chi connectivity index (χ1v) is 8.55. The van der Waals surface area contributed by atoms with Gasteiger partial charge in [0.1, 0.15) is 24.6 Å². The Balaban J connectivity index is 1.73. The summed E-state index contributed by atoms with van der Waals surface area (Å²) in [5.74, 6) is 0.329. The van der Waals surface area contributed by atoms with Gasteiger partial charge in [0.05, 0.1) is 12.8 Å². The molecule has 4 unspecified atom stereocenters. The number of rotatable bonds is 5. The number of nitrogens with zero attached hydrogens (tertiary/aromatic N) is 5. The maximum atomic E-state index is 10.4. The number of ether oxygens (including phenoxy) is 1. The van der Waals surface area contributed by atoms with Crippen LogP contribution < -0.4 is 11.2 Å². The molecule has 28 heavy (non-hydrogen) atoms. The summed E-state index contributed by atoms with van der Waals surface area (Å²) in [5, 5.41) is 34.0. The van der Waals surface area contributed by atoms with E-state index in [4.69, 9.17) is 10.5 Å². The minimum Gasteiger partial charge on any atom is -0.394 e. The molecule has 11 heteroatoms. The van der Waals surface area contributed by atoms with E-state index in [0.29, 0.717) is 5.65 Å². The first-order chi connectivity index (χ1) is 13.6.